The molecule has 1 aromatic carbocycles. The molecular weight excluding hydrogens is 349 g/mol. The monoisotopic (exact) mass is 359 g/mol. The molecular formula is C9H11MnOSbTi. The zero-order valence-corrected chi connectivity index (χ0v) is 13.9. The maximum absolute atomic E-state index is 5.34. The quantitative estimate of drug-likeness (QED) is 0.626. The summed E-state index contributed by atoms with van der Waals surface area (Å²) in [5.74, 6) is 0.991. The van der Waals surface area contributed by atoms with Gasteiger partial charge in [0.15, 0.2) is 0 Å². The largest absolute Gasteiger partial charge is 0 e. The van der Waals surface area contributed by atoms with Gasteiger partial charge < -0.3 is 4.74 Å². The van der Waals surface area contributed by atoms with Gasteiger partial charge in [-0.2, -0.15) is 0 Å². The molecule has 1 radical (unpaired) electrons. The first-order chi connectivity index (χ1) is 4.97. The molecule has 1 aliphatic rings. The number of hydrogen-bond acceptors (Lipinski definition) is 1. The van der Waals surface area contributed by atoms with Gasteiger partial charge in [0.1, 0.15) is 12.4 Å². The summed E-state index contributed by atoms with van der Waals surface area (Å²) in [6, 6.07) is 8.03. The molecule has 0 fully saturated rings. The molecule has 1 aromatic rings. The van der Waals surface area contributed by atoms with E-state index < -0.39 is 0 Å². The van der Waals surface area contributed by atoms with Crippen LogP contribution in [0.3, 0.4) is 0 Å². The molecule has 4 heteroatoms. The number of ether oxygens (including phenoxy) is 1. The van der Waals surface area contributed by atoms with E-state index in [-0.39, 0.29) is 63.2 Å². The number of hydrogen-bond donors (Lipinski definition) is 0. The third-order valence-electron chi connectivity index (χ3n) is 1.55. The molecule has 0 spiro atoms. The Morgan fingerprint density at radius 3 is 2.54 bits per heavy atom. The molecule has 0 N–H and O–H groups in total. The van der Waals surface area contributed by atoms with E-state index in [0.717, 1.165) is 5.75 Å². The van der Waals surface area contributed by atoms with E-state index in [4.69, 9.17) is 4.74 Å². The Hall–Kier alpha value is 0.812. The van der Waals surface area contributed by atoms with E-state index >= 15 is 0 Å². The summed E-state index contributed by atoms with van der Waals surface area (Å²) in [5, 5.41) is 0. The van der Waals surface area contributed by atoms with Crippen LogP contribution in [-0.4, -0.2) is 31.0 Å². The van der Waals surface area contributed by atoms with Crippen LogP contribution in [0.5, 0.6) is 5.75 Å². The summed E-state index contributed by atoms with van der Waals surface area (Å²) < 4.78 is 5.34. The first-order valence-corrected chi connectivity index (χ1v) is 3.35. The standard InChI is InChI=1S/C9H8O.Mn.Sb.Ti.3H/c1-2-6-9-8(4-1)5-3-7-10-9;;;;;;/h1-6H,7H2;;;;;;. The Balaban J connectivity index is 0. The summed E-state index contributed by atoms with van der Waals surface area (Å²) in [6.07, 6.45) is 4.10. The van der Waals surface area contributed by atoms with Crippen molar-refractivity contribution in [1.82, 2.24) is 0 Å². The van der Waals surface area contributed by atoms with Crippen LogP contribution < -0.4 is 4.74 Å². The van der Waals surface area contributed by atoms with Gasteiger partial charge in [-0.1, -0.05) is 24.3 Å². The van der Waals surface area contributed by atoms with Crippen molar-refractivity contribution in [3.05, 3.63) is 35.9 Å². The molecule has 0 aromatic heterocycles. The van der Waals surface area contributed by atoms with Crippen LogP contribution in [0.1, 0.15) is 5.56 Å². The van der Waals surface area contributed by atoms with Gasteiger partial charge in [0.25, 0.3) is 0 Å². The molecule has 0 amide bonds. The van der Waals surface area contributed by atoms with Gasteiger partial charge in [-0.15, -0.1) is 0 Å². The second-order valence-corrected chi connectivity index (χ2v) is 2.25. The van der Waals surface area contributed by atoms with Gasteiger partial charge in [0.05, 0.1) is 0 Å². The van der Waals surface area contributed by atoms with E-state index in [1.807, 2.05) is 30.3 Å². The maximum atomic E-state index is 5.34. The Bertz CT molecular complexity index is 278. The first kappa shape index (κ1) is 16.2. The van der Waals surface area contributed by atoms with Crippen molar-refractivity contribution < 1.29 is 43.5 Å². The van der Waals surface area contributed by atoms with Crippen LogP contribution in [0.2, 0.25) is 0 Å². The summed E-state index contributed by atoms with van der Waals surface area (Å²) in [5.41, 5.74) is 1.17. The Morgan fingerprint density at radius 2 is 1.85 bits per heavy atom. The van der Waals surface area contributed by atoms with Gasteiger partial charge in [0.2, 0.25) is 0 Å². The number of fused-ring (bicyclic) bond motifs is 1. The molecule has 1 aliphatic heterocycles. The van der Waals surface area contributed by atoms with Crippen molar-refractivity contribution in [2.24, 2.45) is 0 Å². The SMILES string of the molecule is C1=Cc2ccccc2OC1.[Mn].[SbH3].[Ti]. The summed E-state index contributed by atoms with van der Waals surface area (Å²) >= 11 is 0. The van der Waals surface area contributed by atoms with Crippen LogP contribution in [0.4, 0.5) is 0 Å². The predicted octanol–water partition coefficient (Wildman–Crippen LogP) is 0.903. The minimum absolute atomic E-state index is 0. The van der Waals surface area contributed by atoms with Crippen LogP contribution in [-0.2, 0) is 38.8 Å². The molecule has 1 heterocycles. The third-order valence-corrected chi connectivity index (χ3v) is 1.55. The van der Waals surface area contributed by atoms with E-state index in [9.17, 15) is 0 Å². The van der Waals surface area contributed by atoms with E-state index in [0.29, 0.717) is 6.61 Å². The Kier molecular flexibility index (Phi) is 10.2. The summed E-state index contributed by atoms with van der Waals surface area (Å²) in [6.45, 7) is 0.705. The first-order valence-electron chi connectivity index (χ1n) is 3.35. The van der Waals surface area contributed by atoms with Crippen LogP contribution in [0.25, 0.3) is 6.08 Å². The predicted molar refractivity (Wildman–Crippen MR) is 50.9 cm³/mol. The molecule has 13 heavy (non-hydrogen) atoms. The fraction of sp³-hybridized carbons (Fsp3) is 0.111. The number of rotatable bonds is 0. The second-order valence-electron chi connectivity index (χ2n) is 2.25. The van der Waals surface area contributed by atoms with Gasteiger partial charge >= 0.3 is 24.4 Å². The molecule has 69 valence electrons. The number of benzene rings is 1. The Labute approximate surface area is 121 Å². The van der Waals surface area contributed by atoms with Gasteiger partial charge in [0, 0.05) is 44.3 Å². The molecule has 2 rings (SSSR count). The minimum Gasteiger partial charge on any atom is 0 e. The summed E-state index contributed by atoms with van der Waals surface area (Å²) in [4.78, 5) is 0. The fourth-order valence-electron chi connectivity index (χ4n) is 1.06. The van der Waals surface area contributed by atoms with Gasteiger partial charge in [-0.25, -0.2) is 0 Å². The van der Waals surface area contributed by atoms with Crippen molar-refractivity contribution in [2.45, 2.75) is 0 Å². The Morgan fingerprint density at radius 1 is 1.15 bits per heavy atom. The van der Waals surface area contributed by atoms with Crippen LogP contribution in [0, 0.1) is 0 Å². The molecule has 0 saturated heterocycles. The van der Waals surface area contributed by atoms with Crippen molar-refractivity contribution in [2.75, 3.05) is 6.61 Å². The average Bonchev–Trinajstić information content (AvgIpc) is 2.05. The van der Waals surface area contributed by atoms with Crippen molar-refractivity contribution >= 4 is 30.5 Å². The second kappa shape index (κ2) is 8.15. The molecule has 0 unspecified atom stereocenters. The molecule has 0 atom stereocenters. The average molecular weight is 360 g/mol. The van der Waals surface area contributed by atoms with Gasteiger partial charge in [-0.05, 0) is 12.1 Å². The summed E-state index contributed by atoms with van der Waals surface area (Å²) in [7, 11) is 0. The number of para-hydroxylation sites is 1. The topological polar surface area (TPSA) is 9.23 Å². The normalized spacial score (nSPS) is 10.8. The van der Waals surface area contributed by atoms with Crippen LogP contribution >= 0.6 is 0 Å². The van der Waals surface area contributed by atoms with E-state index in [1.165, 1.54) is 5.56 Å². The maximum Gasteiger partial charge on any atom is 0 e. The van der Waals surface area contributed by atoms with Crippen molar-refractivity contribution in [3.8, 4) is 5.75 Å². The van der Waals surface area contributed by atoms with Crippen LogP contribution in [0.15, 0.2) is 30.3 Å². The zero-order chi connectivity index (χ0) is 6.81. The molecule has 1 nitrogen and oxygen atoms in total. The fourth-order valence-corrected chi connectivity index (χ4v) is 1.06. The van der Waals surface area contributed by atoms with E-state index in [1.54, 1.807) is 0 Å². The third kappa shape index (κ3) is 4.23. The van der Waals surface area contributed by atoms with Gasteiger partial charge in [-0.3, -0.25) is 0 Å². The molecule has 0 saturated carbocycles. The smallest absolute Gasteiger partial charge is 0 e. The zero-order valence-electron chi connectivity index (χ0n) is 7.16. The van der Waals surface area contributed by atoms with E-state index in [2.05, 4.69) is 6.08 Å². The molecule has 0 aliphatic carbocycles. The van der Waals surface area contributed by atoms with Crippen molar-refractivity contribution in [1.29, 1.82) is 0 Å². The minimum atomic E-state index is 0. The molecule has 0 bridgehead atoms. The van der Waals surface area contributed by atoms with Crippen molar-refractivity contribution in [3.63, 3.8) is 0 Å².